The Morgan fingerprint density at radius 3 is 2.48 bits per heavy atom. The van der Waals surface area contributed by atoms with Gasteiger partial charge in [-0.3, -0.25) is 4.79 Å². The summed E-state index contributed by atoms with van der Waals surface area (Å²) < 4.78 is 26.7. The number of amides is 1. The molecule has 1 aliphatic heterocycles. The van der Waals surface area contributed by atoms with Crippen molar-refractivity contribution in [3.05, 3.63) is 30.3 Å². The maximum Gasteiger partial charge on any atom is 0.243 e. The van der Waals surface area contributed by atoms with Gasteiger partial charge in [0.2, 0.25) is 15.9 Å². The molecule has 130 valence electrons. The van der Waals surface area contributed by atoms with Crippen molar-refractivity contribution >= 4 is 28.3 Å². The van der Waals surface area contributed by atoms with Crippen molar-refractivity contribution in [3.8, 4) is 0 Å². The minimum atomic E-state index is -3.47. The summed E-state index contributed by atoms with van der Waals surface area (Å²) in [6, 6.07) is 8.45. The molecule has 0 unspecified atom stereocenters. The minimum Gasteiger partial charge on any atom is -0.341 e. The van der Waals surface area contributed by atoms with Crippen molar-refractivity contribution in [1.29, 1.82) is 0 Å². The molecular formula is C15H24ClN3O3S. The van der Waals surface area contributed by atoms with E-state index < -0.39 is 10.0 Å². The van der Waals surface area contributed by atoms with Crippen molar-refractivity contribution in [2.45, 2.75) is 17.7 Å². The van der Waals surface area contributed by atoms with Gasteiger partial charge in [-0.2, -0.15) is 4.31 Å². The van der Waals surface area contributed by atoms with Gasteiger partial charge in [-0.05, 0) is 25.6 Å². The van der Waals surface area contributed by atoms with E-state index in [0.29, 0.717) is 50.5 Å². The van der Waals surface area contributed by atoms with Crippen molar-refractivity contribution in [1.82, 2.24) is 14.5 Å². The average Bonchev–Trinajstić information content (AvgIpc) is 2.80. The van der Waals surface area contributed by atoms with Gasteiger partial charge in [-0.15, -0.1) is 12.4 Å². The second kappa shape index (κ2) is 9.22. The van der Waals surface area contributed by atoms with E-state index in [1.165, 1.54) is 4.31 Å². The Hall–Kier alpha value is -1.15. The molecule has 0 aliphatic carbocycles. The van der Waals surface area contributed by atoms with Crippen LogP contribution in [0.15, 0.2) is 35.2 Å². The van der Waals surface area contributed by atoms with E-state index >= 15 is 0 Å². The quantitative estimate of drug-likeness (QED) is 0.847. The molecule has 0 bridgehead atoms. The fraction of sp³-hybridized carbons (Fsp3) is 0.533. The molecule has 1 fully saturated rings. The minimum absolute atomic E-state index is 0. The number of nitrogens with zero attached hydrogens (tertiary/aromatic N) is 2. The standard InChI is InChI=1S/C15H23N3O3S.ClH/c1-16-9-8-15(19)17-10-5-11-18(13-12-17)22(20,21)14-6-3-2-4-7-14;/h2-4,6-7,16H,5,8-13H2,1H3;1H. The van der Waals surface area contributed by atoms with Crippen LogP contribution in [0.2, 0.25) is 0 Å². The van der Waals surface area contributed by atoms with Gasteiger partial charge in [0, 0.05) is 39.1 Å². The predicted molar refractivity (Wildman–Crippen MR) is 92.2 cm³/mol. The molecule has 8 heteroatoms. The van der Waals surface area contributed by atoms with Crippen LogP contribution in [0.3, 0.4) is 0 Å². The van der Waals surface area contributed by atoms with Gasteiger partial charge in [-0.25, -0.2) is 8.42 Å². The summed E-state index contributed by atoms with van der Waals surface area (Å²) in [5, 5.41) is 2.95. The zero-order chi connectivity index (χ0) is 16.0. The molecular weight excluding hydrogens is 338 g/mol. The summed E-state index contributed by atoms with van der Waals surface area (Å²) in [7, 11) is -1.66. The van der Waals surface area contributed by atoms with Gasteiger partial charge in [0.15, 0.2) is 0 Å². The van der Waals surface area contributed by atoms with E-state index in [4.69, 9.17) is 0 Å². The number of hydrogen-bond donors (Lipinski definition) is 1. The number of sulfonamides is 1. The van der Waals surface area contributed by atoms with Gasteiger partial charge in [0.05, 0.1) is 4.90 Å². The van der Waals surface area contributed by atoms with Crippen LogP contribution < -0.4 is 5.32 Å². The monoisotopic (exact) mass is 361 g/mol. The molecule has 1 aromatic carbocycles. The van der Waals surface area contributed by atoms with E-state index in [1.807, 2.05) is 7.05 Å². The van der Waals surface area contributed by atoms with Crippen LogP contribution in [0.1, 0.15) is 12.8 Å². The number of halogens is 1. The van der Waals surface area contributed by atoms with Crippen LogP contribution in [0.5, 0.6) is 0 Å². The van der Waals surface area contributed by atoms with Crippen LogP contribution in [-0.4, -0.2) is 63.3 Å². The summed E-state index contributed by atoms with van der Waals surface area (Å²) in [5.74, 6) is 0.0771. The van der Waals surface area contributed by atoms with E-state index in [9.17, 15) is 13.2 Å². The van der Waals surface area contributed by atoms with Crippen molar-refractivity contribution < 1.29 is 13.2 Å². The van der Waals surface area contributed by atoms with E-state index in [-0.39, 0.29) is 18.3 Å². The molecule has 23 heavy (non-hydrogen) atoms. The van der Waals surface area contributed by atoms with E-state index in [2.05, 4.69) is 5.32 Å². The zero-order valence-corrected chi connectivity index (χ0v) is 14.9. The number of carbonyl (C=O) groups excluding carboxylic acids is 1. The predicted octanol–water partition coefficient (Wildman–Crippen LogP) is 0.941. The van der Waals surface area contributed by atoms with Crippen molar-refractivity contribution in [3.63, 3.8) is 0 Å². The van der Waals surface area contributed by atoms with Gasteiger partial charge >= 0.3 is 0 Å². The number of benzene rings is 1. The molecule has 1 N–H and O–H groups in total. The Bertz CT molecular complexity index is 595. The number of rotatable bonds is 5. The molecule has 0 aromatic heterocycles. The fourth-order valence-corrected chi connectivity index (χ4v) is 4.01. The highest BCUT2D eigenvalue weighted by Crippen LogP contribution is 2.17. The first-order valence-corrected chi connectivity index (χ1v) is 8.97. The molecule has 1 heterocycles. The Balaban J connectivity index is 0.00000264. The Labute approximate surface area is 144 Å². The highest BCUT2D eigenvalue weighted by Gasteiger charge is 2.27. The first-order valence-electron chi connectivity index (χ1n) is 7.53. The first kappa shape index (κ1) is 19.9. The molecule has 1 saturated heterocycles. The van der Waals surface area contributed by atoms with Crippen molar-refractivity contribution in [2.24, 2.45) is 0 Å². The zero-order valence-electron chi connectivity index (χ0n) is 13.3. The molecule has 0 radical (unpaired) electrons. The SMILES string of the molecule is CNCCC(=O)N1CCCN(S(=O)(=O)c2ccccc2)CC1.Cl. The van der Waals surface area contributed by atoms with Gasteiger partial charge in [0.25, 0.3) is 0 Å². The van der Waals surface area contributed by atoms with Gasteiger partial charge < -0.3 is 10.2 Å². The number of nitrogens with one attached hydrogen (secondary N) is 1. The van der Waals surface area contributed by atoms with Crippen LogP contribution in [0.4, 0.5) is 0 Å². The summed E-state index contributed by atoms with van der Waals surface area (Å²) >= 11 is 0. The average molecular weight is 362 g/mol. The second-order valence-corrected chi connectivity index (χ2v) is 7.24. The number of hydrogen-bond acceptors (Lipinski definition) is 4. The lowest BCUT2D eigenvalue weighted by molar-refractivity contribution is -0.130. The lowest BCUT2D eigenvalue weighted by Crippen LogP contribution is -2.38. The molecule has 2 rings (SSSR count). The van der Waals surface area contributed by atoms with Crippen LogP contribution >= 0.6 is 12.4 Å². The van der Waals surface area contributed by atoms with E-state index in [1.54, 1.807) is 35.2 Å². The topological polar surface area (TPSA) is 69.7 Å². The highest BCUT2D eigenvalue weighted by molar-refractivity contribution is 7.89. The molecule has 0 saturated carbocycles. The maximum absolute atomic E-state index is 12.6. The molecule has 1 amide bonds. The summed E-state index contributed by atoms with van der Waals surface area (Å²) in [6.45, 7) is 2.51. The highest BCUT2D eigenvalue weighted by atomic mass is 35.5. The number of carbonyl (C=O) groups is 1. The summed E-state index contributed by atoms with van der Waals surface area (Å²) in [5.41, 5.74) is 0. The normalized spacial score (nSPS) is 16.5. The maximum atomic E-state index is 12.6. The van der Waals surface area contributed by atoms with Crippen LogP contribution in [0.25, 0.3) is 0 Å². The Morgan fingerprint density at radius 1 is 1.13 bits per heavy atom. The van der Waals surface area contributed by atoms with Gasteiger partial charge in [0.1, 0.15) is 0 Å². The molecule has 0 atom stereocenters. The smallest absolute Gasteiger partial charge is 0.243 e. The molecule has 6 nitrogen and oxygen atoms in total. The largest absolute Gasteiger partial charge is 0.341 e. The molecule has 1 aromatic rings. The molecule has 0 spiro atoms. The fourth-order valence-electron chi connectivity index (χ4n) is 2.52. The third-order valence-corrected chi connectivity index (χ3v) is 5.69. The Kier molecular flexibility index (Phi) is 7.98. The van der Waals surface area contributed by atoms with Crippen LogP contribution in [0, 0.1) is 0 Å². The Morgan fingerprint density at radius 2 is 1.83 bits per heavy atom. The summed E-state index contributed by atoms with van der Waals surface area (Å²) in [6.07, 6.45) is 1.11. The lowest BCUT2D eigenvalue weighted by atomic mass is 10.3. The second-order valence-electron chi connectivity index (χ2n) is 5.31. The summed E-state index contributed by atoms with van der Waals surface area (Å²) in [4.78, 5) is 14.1. The third-order valence-electron chi connectivity index (χ3n) is 3.78. The molecule has 1 aliphatic rings. The lowest BCUT2D eigenvalue weighted by Gasteiger charge is -2.22. The van der Waals surface area contributed by atoms with E-state index in [0.717, 1.165) is 0 Å². The van der Waals surface area contributed by atoms with Gasteiger partial charge in [-0.1, -0.05) is 18.2 Å². The third kappa shape index (κ3) is 5.17. The van der Waals surface area contributed by atoms with Crippen LogP contribution in [-0.2, 0) is 14.8 Å². The first-order chi connectivity index (χ1) is 10.6. The van der Waals surface area contributed by atoms with Crippen molar-refractivity contribution in [2.75, 3.05) is 39.8 Å².